The number of nitrogens with zero attached hydrogens (tertiary/aromatic N) is 2. The molecule has 2 heterocycles. The summed E-state index contributed by atoms with van der Waals surface area (Å²) in [6.07, 6.45) is 16.0. The number of hydrogen-bond acceptors (Lipinski definition) is 0. The van der Waals surface area contributed by atoms with Gasteiger partial charge < -0.3 is 9.13 Å². The average molecular weight is 681 g/mol. The molecular weight excluding hydrogens is 641 g/mol. The van der Waals surface area contributed by atoms with Gasteiger partial charge in [-0.25, -0.2) is 0 Å². The molecule has 2 heteroatoms. The van der Waals surface area contributed by atoms with Crippen LogP contribution >= 0.6 is 0 Å². The van der Waals surface area contributed by atoms with Gasteiger partial charge in [-0.15, -0.1) is 0 Å². The smallest absolute Gasteiger partial charge is 0.0538 e. The van der Waals surface area contributed by atoms with Crippen LogP contribution in [0.2, 0.25) is 0 Å². The molecule has 0 fully saturated rings. The minimum atomic E-state index is -0.0107. The number of fused-ring (bicyclic) bond motifs is 9. The Morgan fingerprint density at radius 1 is 0.528 bits per heavy atom. The molecule has 2 unspecified atom stereocenters. The maximum absolute atomic E-state index is 2.58. The highest BCUT2D eigenvalue weighted by Gasteiger charge is 2.48. The third kappa shape index (κ3) is 4.45. The van der Waals surface area contributed by atoms with Gasteiger partial charge in [0, 0.05) is 44.8 Å². The van der Waals surface area contributed by atoms with E-state index in [1.54, 1.807) is 0 Å². The molecule has 2 atom stereocenters. The highest BCUT2D eigenvalue weighted by molar-refractivity contribution is 6.14. The Bertz CT molecular complexity index is 2920. The zero-order valence-corrected chi connectivity index (χ0v) is 30.1. The number of benzene rings is 6. The summed E-state index contributed by atoms with van der Waals surface area (Å²) in [5, 5.41) is 5.18. The van der Waals surface area contributed by atoms with Gasteiger partial charge in [-0.3, -0.25) is 0 Å². The molecule has 3 aliphatic rings. The van der Waals surface area contributed by atoms with Crippen LogP contribution in [0, 0.1) is 5.92 Å². The summed E-state index contributed by atoms with van der Waals surface area (Å²) < 4.78 is 5.06. The minimum Gasteiger partial charge on any atom is -0.313 e. The van der Waals surface area contributed by atoms with Gasteiger partial charge in [0.1, 0.15) is 0 Å². The van der Waals surface area contributed by atoms with E-state index in [9.17, 15) is 0 Å². The molecule has 0 saturated heterocycles. The van der Waals surface area contributed by atoms with Gasteiger partial charge in [0.25, 0.3) is 0 Å². The van der Waals surface area contributed by atoms with Crippen LogP contribution in [0.1, 0.15) is 43.7 Å². The topological polar surface area (TPSA) is 9.86 Å². The van der Waals surface area contributed by atoms with Crippen molar-refractivity contribution in [3.63, 3.8) is 0 Å². The quantitative estimate of drug-likeness (QED) is 0.175. The van der Waals surface area contributed by atoms with Crippen LogP contribution in [-0.4, -0.2) is 9.13 Å². The molecule has 2 aromatic heterocycles. The Morgan fingerprint density at radius 3 is 1.85 bits per heavy atom. The first kappa shape index (κ1) is 30.5. The van der Waals surface area contributed by atoms with Crippen LogP contribution in [-0.2, 0) is 5.41 Å². The number of hydrogen-bond donors (Lipinski definition) is 0. The first-order valence-corrected chi connectivity index (χ1v) is 19.1. The maximum atomic E-state index is 2.58. The highest BCUT2D eigenvalue weighted by atomic mass is 15.0. The predicted octanol–water partition coefficient (Wildman–Crippen LogP) is 13.5. The van der Waals surface area contributed by atoms with Gasteiger partial charge in [-0.2, -0.15) is 0 Å². The van der Waals surface area contributed by atoms with E-state index >= 15 is 0 Å². The largest absolute Gasteiger partial charge is 0.313 e. The summed E-state index contributed by atoms with van der Waals surface area (Å²) >= 11 is 0. The van der Waals surface area contributed by atoms with Gasteiger partial charge in [0.05, 0.1) is 22.1 Å². The summed E-state index contributed by atoms with van der Waals surface area (Å²) in [5.41, 5.74) is 15.7. The number of allylic oxidation sites excluding steroid dienone is 8. The molecule has 8 aromatic rings. The van der Waals surface area contributed by atoms with E-state index < -0.39 is 0 Å². The molecule has 0 saturated carbocycles. The van der Waals surface area contributed by atoms with E-state index in [1.165, 1.54) is 88.4 Å². The molecule has 53 heavy (non-hydrogen) atoms. The summed E-state index contributed by atoms with van der Waals surface area (Å²) in [4.78, 5) is 0. The van der Waals surface area contributed by atoms with Crippen LogP contribution in [0.3, 0.4) is 0 Å². The summed E-state index contributed by atoms with van der Waals surface area (Å²) in [6, 6.07) is 50.1. The molecule has 11 rings (SSSR count). The number of aromatic nitrogens is 2. The molecule has 2 nitrogen and oxygen atoms in total. The lowest BCUT2D eigenvalue weighted by Gasteiger charge is -2.35. The van der Waals surface area contributed by atoms with Crippen molar-refractivity contribution in [1.29, 1.82) is 0 Å². The van der Waals surface area contributed by atoms with Crippen molar-refractivity contribution in [2.24, 2.45) is 5.92 Å². The number of para-hydroxylation sites is 1. The maximum Gasteiger partial charge on any atom is 0.0538 e. The zero-order valence-electron chi connectivity index (χ0n) is 30.1. The first-order chi connectivity index (χ1) is 26.1. The van der Waals surface area contributed by atoms with Crippen molar-refractivity contribution in [3.05, 3.63) is 181 Å². The summed E-state index contributed by atoms with van der Waals surface area (Å²) in [5.74, 6) is 0.678. The fourth-order valence-corrected chi connectivity index (χ4v) is 10.1. The van der Waals surface area contributed by atoms with Gasteiger partial charge in [-0.1, -0.05) is 129 Å². The average Bonchev–Trinajstić information content (AvgIpc) is 3.81. The zero-order chi connectivity index (χ0) is 35.3. The molecule has 0 spiro atoms. The van der Waals surface area contributed by atoms with Crippen molar-refractivity contribution >= 4 is 55.0 Å². The standard InChI is InChI=1S/C51H40N2/c1-51(2)44-21-11-9-18-38(44)40-20-13-23-49(50(40)51)53-47-28-24-34(33-14-5-3-6-15-33)30-42(47)43-32-36(26-29-48(43)53)35-25-27-46-41(31-35)39-19-10-12-22-45(39)52(46)37-16-7-4-8-17-37/h3-7,9-16,18-32,40,50H,8,17H2,1-2H3. The minimum absolute atomic E-state index is 0.0107. The van der Waals surface area contributed by atoms with E-state index in [0.29, 0.717) is 11.8 Å². The van der Waals surface area contributed by atoms with Gasteiger partial charge >= 0.3 is 0 Å². The Labute approximate surface area is 310 Å². The van der Waals surface area contributed by atoms with Crippen LogP contribution in [0.5, 0.6) is 0 Å². The second-order valence-electron chi connectivity index (χ2n) is 15.7. The Kier molecular flexibility index (Phi) is 6.58. The van der Waals surface area contributed by atoms with Crippen molar-refractivity contribution in [1.82, 2.24) is 9.13 Å². The Morgan fingerprint density at radius 2 is 1.13 bits per heavy atom. The summed E-state index contributed by atoms with van der Waals surface area (Å²) in [7, 11) is 0. The van der Waals surface area contributed by atoms with E-state index in [0.717, 1.165) is 12.8 Å². The van der Waals surface area contributed by atoms with Gasteiger partial charge in [0.15, 0.2) is 0 Å². The van der Waals surface area contributed by atoms with Crippen LogP contribution in [0.25, 0.3) is 77.3 Å². The SMILES string of the molecule is CC1(C)c2ccccc2C2C=CC=C(n3c4ccc(-c5ccccc5)cc4c4cc(-c5ccc6c(c5)c5ccccc5n6C5=CC=CCC5)ccc43)C21. The van der Waals surface area contributed by atoms with E-state index in [-0.39, 0.29) is 5.41 Å². The van der Waals surface area contributed by atoms with E-state index in [1.807, 2.05) is 0 Å². The predicted molar refractivity (Wildman–Crippen MR) is 225 cm³/mol. The normalized spacial score (nSPS) is 18.8. The van der Waals surface area contributed by atoms with E-state index in [4.69, 9.17) is 0 Å². The van der Waals surface area contributed by atoms with Crippen molar-refractivity contribution in [2.75, 3.05) is 0 Å². The van der Waals surface area contributed by atoms with Crippen LogP contribution in [0.15, 0.2) is 170 Å². The van der Waals surface area contributed by atoms with Crippen molar-refractivity contribution in [2.45, 2.75) is 38.0 Å². The molecule has 0 aliphatic heterocycles. The Hall–Kier alpha value is -6.12. The molecule has 0 N–H and O–H groups in total. The molecule has 3 aliphatic carbocycles. The van der Waals surface area contributed by atoms with Crippen molar-refractivity contribution in [3.8, 4) is 22.3 Å². The van der Waals surface area contributed by atoms with Gasteiger partial charge in [0.2, 0.25) is 0 Å². The second-order valence-corrected chi connectivity index (χ2v) is 15.7. The number of rotatable bonds is 4. The van der Waals surface area contributed by atoms with E-state index in [2.05, 4.69) is 193 Å². The molecule has 0 radical (unpaired) electrons. The van der Waals surface area contributed by atoms with Crippen LogP contribution in [0.4, 0.5) is 0 Å². The van der Waals surface area contributed by atoms with Gasteiger partial charge in [-0.05, 0) is 106 Å². The third-order valence-corrected chi connectivity index (χ3v) is 12.5. The fraction of sp³-hybridized carbons (Fsp3) is 0.137. The first-order valence-electron chi connectivity index (χ1n) is 19.1. The lowest BCUT2D eigenvalue weighted by Crippen LogP contribution is -2.29. The highest BCUT2D eigenvalue weighted by Crippen LogP contribution is 2.57. The monoisotopic (exact) mass is 680 g/mol. The molecule has 254 valence electrons. The Balaban J connectivity index is 1.12. The van der Waals surface area contributed by atoms with Crippen LogP contribution < -0.4 is 0 Å². The molecule has 0 amide bonds. The summed E-state index contributed by atoms with van der Waals surface area (Å²) in [6.45, 7) is 4.88. The lowest BCUT2D eigenvalue weighted by molar-refractivity contribution is 0.397. The lowest BCUT2D eigenvalue weighted by atomic mass is 9.72. The molecular formula is C51H40N2. The molecule has 6 aromatic carbocycles. The third-order valence-electron chi connectivity index (χ3n) is 12.5. The molecule has 0 bridgehead atoms. The fourth-order valence-electron chi connectivity index (χ4n) is 10.1. The van der Waals surface area contributed by atoms with Crippen molar-refractivity contribution < 1.29 is 0 Å². The second kappa shape index (κ2) is 11.4.